The lowest BCUT2D eigenvalue weighted by Crippen LogP contribution is -1.92. The van der Waals surface area contributed by atoms with Crippen molar-refractivity contribution in [3.63, 3.8) is 0 Å². The maximum Gasteiger partial charge on any atom is 0.146 e. The number of rotatable bonds is 1. The van der Waals surface area contributed by atoms with E-state index in [1.54, 1.807) is 12.3 Å². The Morgan fingerprint density at radius 2 is 1.75 bits per heavy atom. The molecular formula is C13H8ClN2. The zero-order valence-corrected chi connectivity index (χ0v) is 9.15. The summed E-state index contributed by atoms with van der Waals surface area (Å²) in [6.07, 6.45) is 5.72. The summed E-state index contributed by atoms with van der Waals surface area (Å²) < 4.78 is 1.93. The Hall–Kier alpha value is -1.80. The van der Waals surface area contributed by atoms with Gasteiger partial charge in [0.05, 0.1) is 5.02 Å². The largest absolute Gasteiger partial charge is 0.307 e. The highest BCUT2D eigenvalue weighted by Gasteiger charge is 2.01. The Kier molecular flexibility index (Phi) is 2.15. The molecule has 2 nitrogen and oxygen atoms in total. The fraction of sp³-hybridized carbons (Fsp3) is 0. The van der Waals surface area contributed by atoms with Crippen LogP contribution in [0.3, 0.4) is 0 Å². The molecule has 0 spiro atoms. The van der Waals surface area contributed by atoms with Crippen molar-refractivity contribution in [1.82, 2.24) is 9.55 Å². The van der Waals surface area contributed by atoms with Gasteiger partial charge in [-0.3, -0.25) is 0 Å². The van der Waals surface area contributed by atoms with Crippen LogP contribution in [-0.4, -0.2) is 9.55 Å². The summed E-state index contributed by atoms with van der Waals surface area (Å²) in [4.78, 5) is 4.23. The Bertz CT molecular complexity index is 610. The average Bonchev–Trinajstić information content (AvgIpc) is 2.72. The van der Waals surface area contributed by atoms with E-state index in [0.717, 1.165) is 0 Å². The predicted molar refractivity (Wildman–Crippen MR) is 64.9 cm³/mol. The lowest BCUT2D eigenvalue weighted by Gasteiger charge is -1.99. The summed E-state index contributed by atoms with van der Waals surface area (Å²) in [5, 5.41) is 2.93. The number of hydrogen-bond donors (Lipinski definition) is 0. The van der Waals surface area contributed by atoms with Gasteiger partial charge >= 0.3 is 0 Å². The van der Waals surface area contributed by atoms with Crippen LogP contribution in [0.4, 0.5) is 0 Å². The summed E-state index contributed by atoms with van der Waals surface area (Å²) >= 11 is 5.88. The second-order valence-electron chi connectivity index (χ2n) is 3.54. The van der Waals surface area contributed by atoms with E-state index in [9.17, 15) is 0 Å². The summed E-state index contributed by atoms with van der Waals surface area (Å²) in [6.45, 7) is 0. The maximum absolute atomic E-state index is 5.88. The van der Waals surface area contributed by atoms with Gasteiger partial charge < -0.3 is 4.57 Å². The van der Waals surface area contributed by atoms with Gasteiger partial charge in [-0.05, 0) is 16.8 Å². The van der Waals surface area contributed by atoms with E-state index in [4.69, 9.17) is 11.6 Å². The molecule has 2 heterocycles. The molecule has 0 aliphatic rings. The first-order chi connectivity index (χ1) is 7.83. The third kappa shape index (κ3) is 1.57. The molecule has 0 N–H and O–H groups in total. The zero-order valence-electron chi connectivity index (χ0n) is 8.39. The van der Waals surface area contributed by atoms with Gasteiger partial charge in [-0.25, -0.2) is 4.98 Å². The Balaban J connectivity index is 2.19. The Morgan fingerprint density at radius 1 is 1.06 bits per heavy atom. The highest BCUT2D eigenvalue weighted by atomic mass is 35.5. The number of pyridine rings is 1. The van der Waals surface area contributed by atoms with Crippen LogP contribution in [0.1, 0.15) is 0 Å². The van der Waals surface area contributed by atoms with Gasteiger partial charge in [0.15, 0.2) is 0 Å². The van der Waals surface area contributed by atoms with Crippen molar-refractivity contribution in [2.45, 2.75) is 0 Å². The molecule has 0 amide bonds. The van der Waals surface area contributed by atoms with E-state index in [1.807, 2.05) is 29.1 Å². The summed E-state index contributed by atoms with van der Waals surface area (Å²) in [5.41, 5.74) is 0. The normalized spacial score (nSPS) is 10.8. The van der Waals surface area contributed by atoms with E-state index < -0.39 is 0 Å². The average molecular weight is 228 g/mol. The molecule has 3 heteroatoms. The molecule has 1 radical (unpaired) electrons. The highest BCUT2D eigenvalue weighted by molar-refractivity contribution is 6.30. The Labute approximate surface area is 98.1 Å². The van der Waals surface area contributed by atoms with Gasteiger partial charge in [0.2, 0.25) is 0 Å². The van der Waals surface area contributed by atoms with Crippen molar-refractivity contribution in [3.05, 3.63) is 60.0 Å². The lowest BCUT2D eigenvalue weighted by atomic mass is 10.2. The minimum Gasteiger partial charge on any atom is -0.307 e. The minimum absolute atomic E-state index is 0.572. The topological polar surface area (TPSA) is 17.8 Å². The number of fused-ring (bicyclic) bond motifs is 1. The number of benzene rings is 1. The maximum atomic E-state index is 5.88. The molecule has 3 aromatic rings. The van der Waals surface area contributed by atoms with E-state index in [2.05, 4.69) is 23.2 Å². The van der Waals surface area contributed by atoms with Crippen molar-refractivity contribution in [1.29, 1.82) is 0 Å². The van der Waals surface area contributed by atoms with Crippen LogP contribution in [-0.2, 0) is 0 Å². The molecule has 16 heavy (non-hydrogen) atoms. The van der Waals surface area contributed by atoms with Crippen LogP contribution in [0.25, 0.3) is 16.6 Å². The van der Waals surface area contributed by atoms with Gasteiger partial charge in [0, 0.05) is 24.7 Å². The fourth-order valence-corrected chi connectivity index (χ4v) is 1.83. The number of hydrogen-bond acceptors (Lipinski definition) is 1. The van der Waals surface area contributed by atoms with Gasteiger partial charge in [0.1, 0.15) is 5.82 Å². The summed E-state index contributed by atoms with van der Waals surface area (Å²) in [5.74, 6) is 0.712. The van der Waals surface area contributed by atoms with Crippen molar-refractivity contribution >= 4 is 22.4 Å². The molecule has 1 aromatic carbocycles. The molecule has 0 saturated heterocycles. The molecule has 0 aliphatic heterocycles. The minimum atomic E-state index is 0.572. The summed E-state index contributed by atoms with van der Waals surface area (Å²) in [7, 11) is 0. The van der Waals surface area contributed by atoms with Crippen molar-refractivity contribution in [3.8, 4) is 5.82 Å². The third-order valence-electron chi connectivity index (χ3n) is 2.45. The van der Waals surface area contributed by atoms with E-state index in [-0.39, 0.29) is 0 Å². The standard InChI is InChI=1S/C13H8ClN2/c14-12-5-6-15-13(7-12)16-8-10-3-1-2-4-11(10)9-16/h1-6,8-9H. The number of aromatic nitrogens is 2. The summed E-state index contributed by atoms with van der Waals surface area (Å²) in [6, 6.07) is 12.9. The van der Waals surface area contributed by atoms with Crippen molar-refractivity contribution in [2.24, 2.45) is 0 Å². The quantitative estimate of drug-likeness (QED) is 0.622. The van der Waals surface area contributed by atoms with Crippen LogP contribution in [0.15, 0.2) is 48.9 Å². The molecule has 2 aromatic heterocycles. The first-order valence-electron chi connectivity index (χ1n) is 4.94. The van der Waals surface area contributed by atoms with Crippen LogP contribution in [0, 0.1) is 6.07 Å². The molecule has 0 bridgehead atoms. The van der Waals surface area contributed by atoms with Gasteiger partial charge in [-0.1, -0.05) is 35.9 Å². The fourth-order valence-electron chi connectivity index (χ4n) is 1.69. The van der Waals surface area contributed by atoms with Crippen molar-refractivity contribution < 1.29 is 0 Å². The SMILES string of the molecule is Clc1[c]c(-n2cc3ccccc3c2)ncc1. The zero-order chi connectivity index (χ0) is 11.0. The second-order valence-corrected chi connectivity index (χ2v) is 3.94. The first-order valence-corrected chi connectivity index (χ1v) is 5.32. The molecule has 0 fully saturated rings. The molecule has 0 saturated carbocycles. The number of halogens is 1. The second kappa shape index (κ2) is 3.65. The first kappa shape index (κ1) is 9.43. The van der Waals surface area contributed by atoms with Crippen LogP contribution < -0.4 is 0 Å². The van der Waals surface area contributed by atoms with Crippen LogP contribution in [0.5, 0.6) is 0 Å². The van der Waals surface area contributed by atoms with Gasteiger partial charge in [0.25, 0.3) is 0 Å². The predicted octanol–water partition coefficient (Wildman–Crippen LogP) is 3.48. The third-order valence-corrected chi connectivity index (χ3v) is 2.67. The van der Waals surface area contributed by atoms with Crippen molar-refractivity contribution in [2.75, 3.05) is 0 Å². The van der Waals surface area contributed by atoms with E-state index in [1.165, 1.54) is 10.8 Å². The molecular weight excluding hydrogens is 220 g/mol. The molecule has 77 valence electrons. The van der Waals surface area contributed by atoms with Crippen LogP contribution >= 0.6 is 11.6 Å². The monoisotopic (exact) mass is 227 g/mol. The van der Waals surface area contributed by atoms with E-state index in [0.29, 0.717) is 10.8 Å². The molecule has 0 atom stereocenters. The van der Waals surface area contributed by atoms with Gasteiger partial charge in [-0.15, -0.1) is 0 Å². The Morgan fingerprint density at radius 3 is 2.38 bits per heavy atom. The van der Waals surface area contributed by atoms with E-state index >= 15 is 0 Å². The molecule has 0 aliphatic carbocycles. The number of nitrogens with zero attached hydrogens (tertiary/aromatic N) is 2. The highest BCUT2D eigenvalue weighted by Crippen LogP contribution is 2.18. The molecule has 3 rings (SSSR count). The lowest BCUT2D eigenvalue weighted by molar-refractivity contribution is 1.01. The smallest absolute Gasteiger partial charge is 0.146 e. The van der Waals surface area contributed by atoms with Crippen LogP contribution in [0.2, 0.25) is 5.02 Å². The van der Waals surface area contributed by atoms with Gasteiger partial charge in [-0.2, -0.15) is 0 Å². The molecule has 0 unspecified atom stereocenters.